The van der Waals surface area contributed by atoms with Crippen molar-refractivity contribution in [1.82, 2.24) is 15.6 Å². The van der Waals surface area contributed by atoms with Gasteiger partial charge in [0.1, 0.15) is 0 Å². The minimum atomic E-state index is -1.06. The summed E-state index contributed by atoms with van der Waals surface area (Å²) in [5, 5.41) is 19.8. The lowest BCUT2D eigenvalue weighted by atomic mass is 10.3. The van der Waals surface area contributed by atoms with Crippen LogP contribution in [0.2, 0.25) is 0 Å². The van der Waals surface area contributed by atoms with Gasteiger partial charge in [-0.2, -0.15) is 11.3 Å². The number of aromatic nitrogens is 1. The molecule has 9 heteroatoms. The number of carboxylic acid groups (broad SMARTS) is 1. The van der Waals surface area contributed by atoms with Gasteiger partial charge in [-0.15, -0.1) is 11.3 Å². The summed E-state index contributed by atoms with van der Waals surface area (Å²) in [5.41, 5.74) is 0.612. The quantitative estimate of drug-likeness (QED) is 0.664. The van der Waals surface area contributed by atoms with Crippen molar-refractivity contribution in [2.75, 3.05) is 13.1 Å². The minimum absolute atomic E-state index is 0.0208. The predicted octanol–water partition coefficient (Wildman–Crippen LogP) is 1.38. The van der Waals surface area contributed by atoms with Crippen molar-refractivity contribution in [3.8, 4) is 0 Å². The Morgan fingerprint density at radius 3 is 2.65 bits per heavy atom. The average Bonchev–Trinajstić information content (AvgIpc) is 3.18. The molecule has 7 nitrogen and oxygen atoms in total. The average molecular weight is 353 g/mol. The molecule has 0 saturated carbocycles. The SMILES string of the molecule is O=C(CCNC(=O)c1ccsc1)NCCc1nc(C(=O)O)cs1. The van der Waals surface area contributed by atoms with Crippen molar-refractivity contribution in [1.29, 1.82) is 0 Å². The molecule has 0 atom stereocenters. The van der Waals surface area contributed by atoms with Crippen molar-refractivity contribution < 1.29 is 19.5 Å². The highest BCUT2D eigenvalue weighted by Crippen LogP contribution is 2.09. The van der Waals surface area contributed by atoms with Crippen LogP contribution < -0.4 is 10.6 Å². The van der Waals surface area contributed by atoms with E-state index in [1.54, 1.807) is 11.4 Å². The fourth-order valence-corrected chi connectivity index (χ4v) is 3.11. The first kappa shape index (κ1) is 17.1. The van der Waals surface area contributed by atoms with E-state index in [9.17, 15) is 14.4 Å². The molecule has 2 aromatic rings. The lowest BCUT2D eigenvalue weighted by Crippen LogP contribution is -2.31. The van der Waals surface area contributed by atoms with E-state index < -0.39 is 5.97 Å². The molecular weight excluding hydrogens is 338 g/mol. The molecule has 2 aromatic heterocycles. The fraction of sp³-hybridized carbons (Fsp3) is 0.286. The maximum atomic E-state index is 11.7. The van der Waals surface area contributed by atoms with Crippen LogP contribution in [0.5, 0.6) is 0 Å². The largest absolute Gasteiger partial charge is 0.476 e. The second-order valence-corrected chi connectivity index (χ2v) is 6.27. The Labute approximate surface area is 140 Å². The highest BCUT2D eigenvalue weighted by atomic mass is 32.1. The number of hydrogen-bond donors (Lipinski definition) is 3. The lowest BCUT2D eigenvalue weighted by Gasteiger charge is -2.05. The number of rotatable bonds is 8. The van der Waals surface area contributed by atoms with Crippen LogP contribution >= 0.6 is 22.7 Å². The number of carboxylic acids is 1. The van der Waals surface area contributed by atoms with Crippen LogP contribution in [0, 0.1) is 0 Å². The molecule has 0 aliphatic heterocycles. The summed E-state index contributed by atoms with van der Waals surface area (Å²) in [5.74, 6) is -1.42. The first-order valence-electron chi connectivity index (χ1n) is 6.81. The topological polar surface area (TPSA) is 108 Å². The minimum Gasteiger partial charge on any atom is -0.476 e. The Bertz CT molecular complexity index is 682. The van der Waals surface area contributed by atoms with Gasteiger partial charge < -0.3 is 15.7 Å². The molecule has 0 saturated heterocycles. The van der Waals surface area contributed by atoms with Crippen LogP contribution in [-0.2, 0) is 11.2 Å². The Morgan fingerprint density at radius 2 is 2.00 bits per heavy atom. The third-order valence-corrected chi connectivity index (χ3v) is 4.44. The van der Waals surface area contributed by atoms with Gasteiger partial charge in [0.2, 0.25) is 5.91 Å². The molecule has 0 aliphatic rings. The summed E-state index contributed by atoms with van der Waals surface area (Å²) in [4.78, 5) is 37.9. The summed E-state index contributed by atoms with van der Waals surface area (Å²) in [6.07, 6.45) is 0.666. The van der Waals surface area contributed by atoms with Gasteiger partial charge in [0.15, 0.2) is 5.69 Å². The van der Waals surface area contributed by atoms with Gasteiger partial charge in [-0.05, 0) is 11.4 Å². The molecule has 3 N–H and O–H groups in total. The van der Waals surface area contributed by atoms with E-state index in [4.69, 9.17) is 5.11 Å². The number of carbonyl (C=O) groups excluding carboxylic acids is 2. The summed E-state index contributed by atoms with van der Waals surface area (Å²) in [7, 11) is 0. The number of thiophene rings is 1. The predicted molar refractivity (Wildman–Crippen MR) is 87.1 cm³/mol. The Balaban J connectivity index is 1.61. The van der Waals surface area contributed by atoms with E-state index in [-0.39, 0.29) is 30.5 Å². The highest BCUT2D eigenvalue weighted by Gasteiger charge is 2.09. The van der Waals surface area contributed by atoms with Gasteiger partial charge in [0.25, 0.3) is 5.91 Å². The molecule has 2 amide bonds. The first-order chi connectivity index (χ1) is 11.1. The Hall–Kier alpha value is -2.26. The Kier molecular flexibility index (Phi) is 6.24. The number of nitrogens with one attached hydrogen (secondary N) is 2. The third-order valence-electron chi connectivity index (χ3n) is 2.85. The van der Waals surface area contributed by atoms with Crippen molar-refractivity contribution in [2.45, 2.75) is 12.8 Å². The maximum Gasteiger partial charge on any atom is 0.355 e. The van der Waals surface area contributed by atoms with E-state index in [1.165, 1.54) is 28.1 Å². The molecule has 122 valence electrons. The van der Waals surface area contributed by atoms with E-state index in [2.05, 4.69) is 15.6 Å². The number of amides is 2. The van der Waals surface area contributed by atoms with Gasteiger partial charge in [0.05, 0.1) is 5.01 Å². The van der Waals surface area contributed by atoms with Crippen LogP contribution in [0.15, 0.2) is 22.2 Å². The Morgan fingerprint density at radius 1 is 1.17 bits per heavy atom. The number of nitrogens with zero attached hydrogens (tertiary/aromatic N) is 1. The number of thiazole rings is 1. The fourth-order valence-electron chi connectivity index (χ4n) is 1.71. The molecule has 0 radical (unpaired) electrons. The highest BCUT2D eigenvalue weighted by molar-refractivity contribution is 7.09. The normalized spacial score (nSPS) is 10.3. The third kappa shape index (κ3) is 5.46. The van der Waals surface area contributed by atoms with Crippen molar-refractivity contribution in [3.05, 3.63) is 38.5 Å². The van der Waals surface area contributed by atoms with Crippen LogP contribution in [0.3, 0.4) is 0 Å². The van der Waals surface area contributed by atoms with Crippen LogP contribution in [0.25, 0.3) is 0 Å². The van der Waals surface area contributed by atoms with Gasteiger partial charge in [-0.3, -0.25) is 9.59 Å². The number of aromatic carboxylic acids is 1. The molecule has 0 spiro atoms. The monoisotopic (exact) mass is 353 g/mol. The van der Waals surface area contributed by atoms with Crippen molar-refractivity contribution in [2.24, 2.45) is 0 Å². The van der Waals surface area contributed by atoms with Crippen molar-refractivity contribution >= 4 is 40.5 Å². The van der Waals surface area contributed by atoms with Crippen LogP contribution in [0.4, 0.5) is 0 Å². The summed E-state index contributed by atoms with van der Waals surface area (Å²) < 4.78 is 0. The second-order valence-electron chi connectivity index (χ2n) is 4.55. The molecule has 0 unspecified atom stereocenters. The molecule has 0 aliphatic carbocycles. The standard InChI is InChI=1S/C14H15N3O4S2/c18-11(1-4-16-13(19)9-3-6-22-7-9)15-5-2-12-17-10(8-23-12)14(20)21/h3,6-8H,1-2,4-5H2,(H,15,18)(H,16,19)(H,20,21). The second kappa shape index (κ2) is 8.39. The molecule has 2 rings (SSSR count). The van der Waals surface area contributed by atoms with Crippen molar-refractivity contribution in [3.63, 3.8) is 0 Å². The van der Waals surface area contributed by atoms with E-state index in [0.29, 0.717) is 23.5 Å². The lowest BCUT2D eigenvalue weighted by molar-refractivity contribution is -0.120. The molecule has 2 heterocycles. The van der Waals surface area contributed by atoms with Gasteiger partial charge in [-0.25, -0.2) is 9.78 Å². The van der Waals surface area contributed by atoms with Crippen LogP contribution in [-0.4, -0.2) is 41.0 Å². The molecular formula is C14H15N3O4S2. The zero-order valence-corrected chi connectivity index (χ0v) is 13.7. The van der Waals surface area contributed by atoms with Gasteiger partial charge in [0, 0.05) is 42.3 Å². The summed E-state index contributed by atoms with van der Waals surface area (Å²) in [6, 6.07) is 1.72. The first-order valence-corrected chi connectivity index (χ1v) is 8.63. The summed E-state index contributed by atoms with van der Waals surface area (Å²) in [6.45, 7) is 0.644. The number of carbonyl (C=O) groups is 3. The van der Waals surface area contributed by atoms with E-state index >= 15 is 0 Å². The molecule has 0 fully saturated rings. The molecule has 23 heavy (non-hydrogen) atoms. The van der Waals surface area contributed by atoms with Gasteiger partial charge in [-0.1, -0.05) is 0 Å². The number of hydrogen-bond acceptors (Lipinski definition) is 6. The van der Waals surface area contributed by atoms with E-state index in [0.717, 1.165) is 0 Å². The smallest absolute Gasteiger partial charge is 0.355 e. The van der Waals surface area contributed by atoms with Crippen LogP contribution in [0.1, 0.15) is 32.3 Å². The molecule has 0 aromatic carbocycles. The zero-order chi connectivity index (χ0) is 16.7. The zero-order valence-electron chi connectivity index (χ0n) is 12.1. The van der Waals surface area contributed by atoms with E-state index in [1.807, 2.05) is 5.38 Å². The maximum absolute atomic E-state index is 11.7. The molecule has 0 bridgehead atoms. The van der Waals surface area contributed by atoms with Gasteiger partial charge >= 0.3 is 5.97 Å². The summed E-state index contributed by atoms with van der Waals surface area (Å²) >= 11 is 2.69.